The van der Waals surface area contributed by atoms with Gasteiger partial charge in [-0.1, -0.05) is 24.3 Å². The van der Waals surface area contributed by atoms with E-state index in [2.05, 4.69) is 10.0 Å². The van der Waals surface area contributed by atoms with E-state index in [0.717, 1.165) is 24.0 Å². The summed E-state index contributed by atoms with van der Waals surface area (Å²) in [5, 5.41) is 12.2. The molecule has 1 fully saturated rings. The highest BCUT2D eigenvalue weighted by atomic mass is 32.2. The molecule has 0 unspecified atom stereocenters. The van der Waals surface area contributed by atoms with E-state index in [-0.39, 0.29) is 17.9 Å². The molecule has 1 aromatic rings. The summed E-state index contributed by atoms with van der Waals surface area (Å²) in [5.41, 5.74) is 1.96. The summed E-state index contributed by atoms with van der Waals surface area (Å²) in [6.07, 6.45) is 1.57. The van der Waals surface area contributed by atoms with Crippen molar-refractivity contribution in [3.8, 4) is 0 Å². The van der Waals surface area contributed by atoms with Crippen molar-refractivity contribution in [1.82, 2.24) is 10.0 Å². The van der Waals surface area contributed by atoms with Gasteiger partial charge in [0.2, 0.25) is 10.0 Å². The largest absolute Gasteiger partial charge is 0.392 e. The quantitative estimate of drug-likeness (QED) is 0.661. The Bertz CT molecular complexity index is 541. The first-order valence-electron chi connectivity index (χ1n) is 6.92. The second kappa shape index (κ2) is 6.67. The van der Waals surface area contributed by atoms with Gasteiger partial charge in [0, 0.05) is 19.1 Å². The second-order valence-electron chi connectivity index (χ2n) is 5.35. The van der Waals surface area contributed by atoms with Crippen LogP contribution in [0.5, 0.6) is 0 Å². The molecule has 2 rings (SSSR count). The molecule has 0 bridgehead atoms. The number of nitrogens with one attached hydrogen (secondary N) is 2. The van der Waals surface area contributed by atoms with Crippen molar-refractivity contribution in [3.63, 3.8) is 0 Å². The lowest BCUT2D eigenvalue weighted by atomic mass is 10.1. The molecule has 0 saturated heterocycles. The molecule has 1 atom stereocenters. The first-order chi connectivity index (χ1) is 9.51. The monoisotopic (exact) mass is 298 g/mol. The summed E-state index contributed by atoms with van der Waals surface area (Å²) < 4.78 is 26.0. The minimum Gasteiger partial charge on any atom is -0.392 e. The molecule has 1 aliphatic carbocycles. The van der Waals surface area contributed by atoms with Crippen LogP contribution in [0.3, 0.4) is 0 Å². The van der Waals surface area contributed by atoms with Gasteiger partial charge in [0.05, 0.1) is 11.9 Å². The molecule has 0 radical (unpaired) electrons. The van der Waals surface area contributed by atoms with Crippen molar-refractivity contribution in [3.05, 3.63) is 35.4 Å². The van der Waals surface area contributed by atoms with Crippen LogP contribution in [0.1, 0.15) is 30.9 Å². The molecule has 6 heteroatoms. The molecule has 20 heavy (non-hydrogen) atoms. The first-order valence-corrected chi connectivity index (χ1v) is 8.46. The van der Waals surface area contributed by atoms with Crippen LogP contribution in [0.4, 0.5) is 0 Å². The van der Waals surface area contributed by atoms with Crippen LogP contribution in [0.15, 0.2) is 24.3 Å². The Morgan fingerprint density at radius 3 is 2.70 bits per heavy atom. The molecular weight excluding hydrogens is 276 g/mol. The van der Waals surface area contributed by atoms with Crippen LogP contribution >= 0.6 is 0 Å². The summed E-state index contributed by atoms with van der Waals surface area (Å²) in [7, 11) is -3.10. The SMILES string of the molecule is C[C@@H](CNS(=O)(=O)C1CC1)NCc1cccc(CO)c1. The lowest BCUT2D eigenvalue weighted by molar-refractivity contribution is 0.281. The smallest absolute Gasteiger partial charge is 0.214 e. The number of aliphatic hydroxyl groups excluding tert-OH is 1. The van der Waals surface area contributed by atoms with E-state index >= 15 is 0 Å². The molecule has 3 N–H and O–H groups in total. The highest BCUT2D eigenvalue weighted by molar-refractivity contribution is 7.90. The third kappa shape index (κ3) is 4.56. The predicted molar refractivity (Wildman–Crippen MR) is 78.6 cm³/mol. The minimum atomic E-state index is -3.10. The highest BCUT2D eigenvalue weighted by Crippen LogP contribution is 2.27. The topological polar surface area (TPSA) is 78.4 Å². The Morgan fingerprint density at radius 1 is 1.35 bits per heavy atom. The Kier molecular flexibility index (Phi) is 5.15. The van der Waals surface area contributed by atoms with Crippen LogP contribution < -0.4 is 10.0 Å². The minimum absolute atomic E-state index is 0.0323. The predicted octanol–water partition coefficient (Wildman–Crippen LogP) is 0.739. The second-order valence-corrected chi connectivity index (χ2v) is 7.40. The number of rotatable bonds is 8. The van der Waals surface area contributed by atoms with E-state index in [1.165, 1.54) is 0 Å². The highest BCUT2D eigenvalue weighted by Gasteiger charge is 2.35. The fourth-order valence-electron chi connectivity index (χ4n) is 1.94. The molecule has 0 amide bonds. The van der Waals surface area contributed by atoms with Crippen molar-refractivity contribution < 1.29 is 13.5 Å². The standard InChI is InChI=1S/C14H22N2O3S/c1-11(8-16-20(18,19)14-5-6-14)15-9-12-3-2-4-13(7-12)10-17/h2-4,7,11,14-17H,5-6,8-10H2,1H3/t11-/m0/s1. The molecule has 0 heterocycles. The van der Waals surface area contributed by atoms with Gasteiger partial charge in [0.15, 0.2) is 0 Å². The molecule has 0 aliphatic heterocycles. The van der Waals surface area contributed by atoms with Crippen molar-refractivity contribution in [2.24, 2.45) is 0 Å². The van der Waals surface area contributed by atoms with Gasteiger partial charge in [0.1, 0.15) is 0 Å². The zero-order valence-electron chi connectivity index (χ0n) is 11.7. The van der Waals surface area contributed by atoms with Gasteiger partial charge in [-0.05, 0) is 30.9 Å². The van der Waals surface area contributed by atoms with Gasteiger partial charge in [-0.25, -0.2) is 13.1 Å². The molecular formula is C14H22N2O3S. The summed E-state index contributed by atoms with van der Waals surface area (Å²) in [4.78, 5) is 0. The van der Waals surface area contributed by atoms with E-state index < -0.39 is 10.0 Å². The normalized spacial score (nSPS) is 17.1. The number of sulfonamides is 1. The first kappa shape index (κ1) is 15.4. The molecule has 0 aromatic heterocycles. The fourth-order valence-corrected chi connectivity index (χ4v) is 3.41. The summed E-state index contributed by atoms with van der Waals surface area (Å²) >= 11 is 0. The number of hydrogen-bond acceptors (Lipinski definition) is 4. The lowest BCUT2D eigenvalue weighted by Crippen LogP contribution is -2.39. The number of aliphatic hydroxyl groups is 1. The Hall–Kier alpha value is -0.950. The number of benzene rings is 1. The van der Waals surface area contributed by atoms with Gasteiger partial charge in [-0.3, -0.25) is 0 Å². The van der Waals surface area contributed by atoms with Gasteiger partial charge in [0.25, 0.3) is 0 Å². The summed E-state index contributed by atoms with van der Waals surface area (Å²) in [6.45, 7) is 3.04. The van der Waals surface area contributed by atoms with Crippen LogP contribution in [-0.2, 0) is 23.2 Å². The van der Waals surface area contributed by atoms with Crippen LogP contribution in [0, 0.1) is 0 Å². The zero-order chi connectivity index (χ0) is 14.6. The van der Waals surface area contributed by atoms with E-state index in [1.807, 2.05) is 31.2 Å². The van der Waals surface area contributed by atoms with E-state index in [0.29, 0.717) is 13.1 Å². The Balaban J connectivity index is 1.75. The molecule has 0 spiro atoms. The van der Waals surface area contributed by atoms with E-state index in [9.17, 15) is 8.42 Å². The van der Waals surface area contributed by atoms with Gasteiger partial charge in [-0.2, -0.15) is 0 Å². The van der Waals surface area contributed by atoms with Gasteiger partial charge in [-0.15, -0.1) is 0 Å². The Labute approximate surface area is 120 Å². The molecule has 1 aromatic carbocycles. The van der Waals surface area contributed by atoms with E-state index in [1.54, 1.807) is 0 Å². The molecule has 1 saturated carbocycles. The van der Waals surface area contributed by atoms with Crippen LogP contribution in [0.25, 0.3) is 0 Å². The fraction of sp³-hybridized carbons (Fsp3) is 0.571. The summed E-state index contributed by atoms with van der Waals surface area (Å²) in [6, 6.07) is 7.75. The Morgan fingerprint density at radius 2 is 2.05 bits per heavy atom. The maximum Gasteiger partial charge on any atom is 0.214 e. The molecule has 112 valence electrons. The van der Waals surface area contributed by atoms with E-state index in [4.69, 9.17) is 5.11 Å². The van der Waals surface area contributed by atoms with Gasteiger partial charge < -0.3 is 10.4 Å². The summed E-state index contributed by atoms with van der Waals surface area (Å²) in [5.74, 6) is 0. The third-order valence-corrected chi connectivity index (χ3v) is 5.30. The van der Waals surface area contributed by atoms with Crippen molar-refractivity contribution >= 4 is 10.0 Å². The van der Waals surface area contributed by atoms with Crippen molar-refractivity contribution in [1.29, 1.82) is 0 Å². The average molecular weight is 298 g/mol. The average Bonchev–Trinajstić information content (AvgIpc) is 3.28. The molecule has 1 aliphatic rings. The van der Waals surface area contributed by atoms with Crippen LogP contribution in [-0.4, -0.2) is 31.4 Å². The van der Waals surface area contributed by atoms with Crippen molar-refractivity contribution in [2.45, 2.75) is 44.2 Å². The van der Waals surface area contributed by atoms with Crippen molar-refractivity contribution in [2.75, 3.05) is 6.54 Å². The third-order valence-electron chi connectivity index (χ3n) is 3.38. The maximum atomic E-state index is 11.7. The van der Waals surface area contributed by atoms with Gasteiger partial charge >= 0.3 is 0 Å². The zero-order valence-corrected chi connectivity index (χ0v) is 12.5. The maximum absolute atomic E-state index is 11.7. The van der Waals surface area contributed by atoms with Crippen LogP contribution in [0.2, 0.25) is 0 Å². The number of hydrogen-bond donors (Lipinski definition) is 3. The molecule has 5 nitrogen and oxygen atoms in total. The lowest BCUT2D eigenvalue weighted by Gasteiger charge is -2.15.